The molecule has 0 bridgehead atoms. The fourth-order valence-electron chi connectivity index (χ4n) is 1.30. The molecule has 0 saturated carbocycles. The van der Waals surface area contributed by atoms with E-state index in [1.165, 1.54) is 18.3 Å². The molecule has 1 N–H and O–H groups in total. The molecule has 0 aliphatic carbocycles. The van der Waals surface area contributed by atoms with Gasteiger partial charge in [0.25, 0.3) is 0 Å². The number of H-pyrrole nitrogens is 1. The van der Waals surface area contributed by atoms with Crippen LogP contribution in [0.3, 0.4) is 0 Å². The van der Waals surface area contributed by atoms with Crippen molar-refractivity contribution in [1.29, 1.82) is 0 Å². The molecule has 0 saturated heterocycles. The second-order valence-electron chi connectivity index (χ2n) is 3.07. The van der Waals surface area contributed by atoms with Gasteiger partial charge >= 0.3 is 0 Å². The van der Waals surface area contributed by atoms with E-state index in [0.717, 1.165) is 0 Å². The smallest absolute Gasteiger partial charge is 0.247 e. The van der Waals surface area contributed by atoms with Crippen molar-refractivity contribution in [3.8, 4) is 11.1 Å². The lowest BCUT2D eigenvalue weighted by Crippen LogP contribution is -2.01. The van der Waals surface area contributed by atoms with Crippen molar-refractivity contribution in [3.63, 3.8) is 0 Å². The third-order valence-electron chi connectivity index (χ3n) is 2.03. The summed E-state index contributed by atoms with van der Waals surface area (Å²) in [5, 5.41) is 0.348. The van der Waals surface area contributed by atoms with E-state index < -0.39 is 5.82 Å². The summed E-state index contributed by atoms with van der Waals surface area (Å²) in [5.41, 5.74) is 0.813. The first-order valence-corrected chi connectivity index (χ1v) is 4.69. The minimum atomic E-state index is -0.408. The molecule has 2 nitrogen and oxygen atoms in total. The summed E-state index contributed by atoms with van der Waals surface area (Å²) in [4.78, 5) is 13.3. The fraction of sp³-hybridized carbons (Fsp3) is 0. The third-order valence-corrected chi connectivity index (χ3v) is 2.26. The lowest BCUT2D eigenvalue weighted by Gasteiger charge is -2.02. The minimum absolute atomic E-state index is 0.215. The van der Waals surface area contributed by atoms with Gasteiger partial charge in [-0.05, 0) is 24.3 Å². The number of aromatic amines is 1. The Morgan fingerprint density at radius 2 is 2.00 bits per heavy atom. The van der Waals surface area contributed by atoms with Gasteiger partial charge in [-0.2, -0.15) is 0 Å². The molecule has 0 aliphatic heterocycles. The first kappa shape index (κ1) is 9.93. The summed E-state index contributed by atoms with van der Waals surface area (Å²) in [6.07, 6.45) is 1.47. The average Bonchev–Trinajstić information content (AvgIpc) is 2.20. The summed E-state index contributed by atoms with van der Waals surface area (Å²) >= 11 is 5.63. The number of benzene rings is 1. The molecule has 1 heterocycles. The molecule has 0 fully saturated rings. The first-order chi connectivity index (χ1) is 7.16. The van der Waals surface area contributed by atoms with Gasteiger partial charge in [0.2, 0.25) is 5.56 Å². The van der Waals surface area contributed by atoms with Crippen LogP contribution in [0.1, 0.15) is 0 Å². The van der Waals surface area contributed by atoms with Crippen LogP contribution in [-0.2, 0) is 0 Å². The minimum Gasteiger partial charge on any atom is -0.328 e. The Morgan fingerprint density at radius 1 is 1.20 bits per heavy atom. The number of hydrogen-bond donors (Lipinski definition) is 1. The normalized spacial score (nSPS) is 10.3. The second-order valence-corrected chi connectivity index (χ2v) is 3.50. The van der Waals surface area contributed by atoms with E-state index >= 15 is 0 Å². The maximum atomic E-state index is 13.5. The number of aromatic nitrogens is 1. The van der Waals surface area contributed by atoms with E-state index in [1.54, 1.807) is 18.2 Å². The van der Waals surface area contributed by atoms with Crippen molar-refractivity contribution in [2.75, 3.05) is 0 Å². The van der Waals surface area contributed by atoms with Crippen molar-refractivity contribution >= 4 is 11.6 Å². The van der Waals surface area contributed by atoms with Crippen molar-refractivity contribution in [3.05, 3.63) is 57.7 Å². The van der Waals surface area contributed by atoms with E-state index in [1.807, 2.05) is 0 Å². The van der Waals surface area contributed by atoms with E-state index in [4.69, 9.17) is 11.6 Å². The molecular weight excluding hydrogens is 217 g/mol. The molecule has 0 aliphatic rings. The monoisotopic (exact) mass is 223 g/mol. The van der Waals surface area contributed by atoms with Crippen molar-refractivity contribution in [2.45, 2.75) is 0 Å². The molecule has 0 unspecified atom stereocenters. The lowest BCUT2D eigenvalue weighted by atomic mass is 10.1. The van der Waals surface area contributed by atoms with Gasteiger partial charge in [-0.3, -0.25) is 4.79 Å². The average molecular weight is 224 g/mol. The molecule has 0 radical (unpaired) electrons. The van der Waals surface area contributed by atoms with Crippen molar-refractivity contribution < 1.29 is 4.39 Å². The Balaban J connectivity index is 2.54. The van der Waals surface area contributed by atoms with Crippen LogP contribution in [0.15, 0.2) is 41.3 Å². The van der Waals surface area contributed by atoms with Gasteiger partial charge in [0.05, 0.1) is 0 Å². The van der Waals surface area contributed by atoms with Crippen LogP contribution >= 0.6 is 11.6 Å². The van der Waals surface area contributed by atoms with Crippen LogP contribution in [0.5, 0.6) is 0 Å². The number of pyridine rings is 1. The summed E-state index contributed by atoms with van der Waals surface area (Å²) < 4.78 is 13.5. The third kappa shape index (κ3) is 2.07. The second kappa shape index (κ2) is 3.87. The Bertz CT molecular complexity index is 530. The number of nitrogens with one attached hydrogen (secondary N) is 1. The Labute approximate surface area is 90.3 Å². The highest BCUT2D eigenvalue weighted by atomic mass is 35.5. The quantitative estimate of drug-likeness (QED) is 0.792. The molecule has 4 heteroatoms. The standard InChI is InChI=1S/C11H7ClFNO/c12-8-2-3-9(10(13)5-8)7-1-4-11(15)14-6-7/h1-6H,(H,14,15). The van der Waals surface area contributed by atoms with E-state index in [9.17, 15) is 9.18 Å². The van der Waals surface area contributed by atoms with Crippen molar-refractivity contribution in [1.82, 2.24) is 4.98 Å². The molecule has 2 aromatic rings. The van der Waals surface area contributed by atoms with Gasteiger partial charge < -0.3 is 4.98 Å². The number of halogens is 2. The summed E-state index contributed by atoms with van der Waals surface area (Å²) in [5.74, 6) is -0.408. The fourth-order valence-corrected chi connectivity index (χ4v) is 1.46. The van der Waals surface area contributed by atoms with Gasteiger partial charge in [-0.25, -0.2) is 4.39 Å². The van der Waals surface area contributed by atoms with Gasteiger partial charge in [-0.1, -0.05) is 11.6 Å². The van der Waals surface area contributed by atoms with Crippen molar-refractivity contribution in [2.24, 2.45) is 0 Å². The SMILES string of the molecule is O=c1ccc(-c2ccc(Cl)cc2F)c[nH]1. The van der Waals surface area contributed by atoms with E-state index in [2.05, 4.69) is 4.98 Å². The zero-order chi connectivity index (χ0) is 10.8. The first-order valence-electron chi connectivity index (χ1n) is 4.31. The predicted octanol–water partition coefficient (Wildman–Crippen LogP) is 2.83. The van der Waals surface area contributed by atoms with Gasteiger partial charge in [0.1, 0.15) is 5.82 Å². The van der Waals surface area contributed by atoms with Crippen LogP contribution in [0.2, 0.25) is 5.02 Å². The summed E-state index contributed by atoms with van der Waals surface area (Å²) in [6, 6.07) is 7.33. The molecule has 0 amide bonds. The molecule has 0 spiro atoms. The maximum Gasteiger partial charge on any atom is 0.247 e. The number of rotatable bonds is 1. The highest BCUT2D eigenvalue weighted by Crippen LogP contribution is 2.23. The molecule has 2 rings (SSSR count). The predicted molar refractivity (Wildman–Crippen MR) is 57.5 cm³/mol. The number of hydrogen-bond acceptors (Lipinski definition) is 1. The molecule has 0 atom stereocenters. The zero-order valence-electron chi connectivity index (χ0n) is 7.63. The van der Waals surface area contributed by atoms with E-state index in [0.29, 0.717) is 16.1 Å². The summed E-state index contributed by atoms with van der Waals surface area (Å²) in [7, 11) is 0. The molecule has 76 valence electrons. The van der Waals surface area contributed by atoms with Gasteiger partial charge in [-0.15, -0.1) is 0 Å². The largest absolute Gasteiger partial charge is 0.328 e. The maximum absolute atomic E-state index is 13.5. The van der Waals surface area contributed by atoms with Crippen LogP contribution in [0, 0.1) is 5.82 Å². The van der Waals surface area contributed by atoms with Crippen LogP contribution < -0.4 is 5.56 Å². The van der Waals surface area contributed by atoms with Crippen LogP contribution in [0.4, 0.5) is 4.39 Å². The Morgan fingerprint density at radius 3 is 2.60 bits per heavy atom. The molecule has 1 aromatic carbocycles. The highest BCUT2D eigenvalue weighted by Gasteiger charge is 2.05. The lowest BCUT2D eigenvalue weighted by molar-refractivity contribution is 0.631. The Hall–Kier alpha value is -1.61. The highest BCUT2D eigenvalue weighted by molar-refractivity contribution is 6.30. The molecule has 15 heavy (non-hydrogen) atoms. The van der Waals surface area contributed by atoms with Crippen LogP contribution in [-0.4, -0.2) is 4.98 Å². The molecule has 1 aromatic heterocycles. The van der Waals surface area contributed by atoms with Gasteiger partial charge in [0, 0.05) is 28.4 Å². The topological polar surface area (TPSA) is 32.9 Å². The Kier molecular flexibility index (Phi) is 2.56. The van der Waals surface area contributed by atoms with Gasteiger partial charge in [0.15, 0.2) is 0 Å². The zero-order valence-corrected chi connectivity index (χ0v) is 8.38. The van der Waals surface area contributed by atoms with Crippen LogP contribution in [0.25, 0.3) is 11.1 Å². The van der Waals surface area contributed by atoms with E-state index in [-0.39, 0.29) is 5.56 Å². The summed E-state index contributed by atoms with van der Waals surface area (Å²) in [6.45, 7) is 0. The molecular formula is C11H7ClFNO.